The molecule has 1 aliphatic rings. The van der Waals surface area contributed by atoms with E-state index in [-0.39, 0.29) is 0 Å². The van der Waals surface area contributed by atoms with E-state index in [2.05, 4.69) is 23.3 Å². The largest absolute Gasteiger partial charge is 0.386 e. The zero-order valence-corrected chi connectivity index (χ0v) is 10.5. The van der Waals surface area contributed by atoms with Crippen LogP contribution < -0.4 is 0 Å². The van der Waals surface area contributed by atoms with Crippen LogP contribution in [0.3, 0.4) is 0 Å². The first-order chi connectivity index (χ1) is 8.31. The minimum Gasteiger partial charge on any atom is -0.386 e. The van der Waals surface area contributed by atoms with Gasteiger partial charge in [0.25, 0.3) is 0 Å². The molecule has 0 aromatic carbocycles. The summed E-state index contributed by atoms with van der Waals surface area (Å²) >= 11 is 0. The third-order valence-electron chi connectivity index (χ3n) is 3.27. The molecule has 1 aromatic rings. The predicted octanol–water partition coefficient (Wildman–Crippen LogP) is 2.61. The number of hydrogen-bond donors (Lipinski definition) is 1. The number of hydrogen-bond acceptors (Lipinski definition) is 3. The second kappa shape index (κ2) is 5.96. The van der Waals surface area contributed by atoms with Crippen molar-refractivity contribution in [1.29, 1.82) is 0 Å². The molecule has 1 atom stereocenters. The highest BCUT2D eigenvalue weighted by atomic mass is 16.3. The molecular weight excluding hydrogens is 214 g/mol. The van der Waals surface area contributed by atoms with Gasteiger partial charge < -0.3 is 5.11 Å². The summed E-state index contributed by atoms with van der Waals surface area (Å²) in [4.78, 5) is 0. The van der Waals surface area contributed by atoms with Gasteiger partial charge >= 0.3 is 0 Å². The van der Waals surface area contributed by atoms with Crippen LogP contribution in [0.1, 0.15) is 57.2 Å². The second-order valence-corrected chi connectivity index (χ2v) is 4.71. The number of allylic oxidation sites excluding steroid dienone is 1. The molecule has 4 heteroatoms. The van der Waals surface area contributed by atoms with Crippen molar-refractivity contribution in [2.24, 2.45) is 0 Å². The summed E-state index contributed by atoms with van der Waals surface area (Å²) in [5, 5.41) is 18.1. The molecular formula is C13H21N3O. The third kappa shape index (κ3) is 3.16. The molecule has 0 radical (unpaired) electrons. The number of aromatic nitrogens is 3. The van der Waals surface area contributed by atoms with Crippen molar-refractivity contribution in [2.45, 2.75) is 58.1 Å². The first-order valence-electron chi connectivity index (χ1n) is 6.55. The Morgan fingerprint density at radius 2 is 2.35 bits per heavy atom. The van der Waals surface area contributed by atoms with Gasteiger partial charge in [-0.05, 0) is 32.1 Å². The average molecular weight is 235 g/mol. The first-order valence-corrected chi connectivity index (χ1v) is 6.55. The van der Waals surface area contributed by atoms with Gasteiger partial charge in [-0.15, -0.1) is 5.10 Å². The first kappa shape index (κ1) is 12.3. The molecule has 0 saturated heterocycles. The van der Waals surface area contributed by atoms with Crippen LogP contribution in [0.5, 0.6) is 0 Å². The maximum Gasteiger partial charge on any atom is 0.101 e. The number of rotatable bonds is 5. The average Bonchev–Trinajstić information content (AvgIpc) is 2.79. The van der Waals surface area contributed by atoms with Crippen LogP contribution in [0.25, 0.3) is 0 Å². The molecule has 1 aromatic heterocycles. The third-order valence-corrected chi connectivity index (χ3v) is 3.27. The van der Waals surface area contributed by atoms with Crippen molar-refractivity contribution >= 4 is 0 Å². The van der Waals surface area contributed by atoms with Crippen molar-refractivity contribution in [1.82, 2.24) is 15.0 Å². The minimum atomic E-state index is -0.458. The Kier molecular flexibility index (Phi) is 4.31. The fraction of sp³-hybridized carbons (Fsp3) is 0.692. The fourth-order valence-electron chi connectivity index (χ4n) is 2.35. The summed E-state index contributed by atoms with van der Waals surface area (Å²) in [6, 6.07) is 0. The van der Waals surface area contributed by atoms with E-state index in [0.717, 1.165) is 37.9 Å². The van der Waals surface area contributed by atoms with Crippen LogP contribution in [0.15, 0.2) is 17.8 Å². The zero-order valence-electron chi connectivity index (χ0n) is 10.5. The number of aliphatic hydroxyl groups is 1. The molecule has 2 rings (SSSR count). The molecule has 1 heterocycles. The molecule has 0 saturated carbocycles. The van der Waals surface area contributed by atoms with Crippen molar-refractivity contribution in [3.05, 3.63) is 23.5 Å². The summed E-state index contributed by atoms with van der Waals surface area (Å²) in [5.74, 6) is 0. The van der Waals surface area contributed by atoms with Gasteiger partial charge in [0.2, 0.25) is 0 Å². The van der Waals surface area contributed by atoms with Gasteiger partial charge in [0.1, 0.15) is 6.10 Å². The number of aryl methyl sites for hydroxylation is 1. The van der Waals surface area contributed by atoms with Crippen molar-refractivity contribution < 1.29 is 5.11 Å². The van der Waals surface area contributed by atoms with E-state index >= 15 is 0 Å². The standard InChI is InChI=1S/C13H21N3O/c1-2-8-16-12(10-14-15-16)13(17)9-11-6-4-3-5-7-11/h6,10,13,17H,2-5,7-9H2,1H3. The Morgan fingerprint density at radius 1 is 1.47 bits per heavy atom. The van der Waals surface area contributed by atoms with E-state index in [4.69, 9.17) is 0 Å². The number of aliphatic hydroxyl groups excluding tert-OH is 1. The SMILES string of the molecule is CCCn1nncc1C(O)CC1=CCCCC1. The summed E-state index contributed by atoms with van der Waals surface area (Å²) in [6.45, 7) is 2.92. The molecule has 4 nitrogen and oxygen atoms in total. The lowest BCUT2D eigenvalue weighted by atomic mass is 9.94. The van der Waals surface area contributed by atoms with E-state index < -0.39 is 6.10 Å². The molecule has 0 fully saturated rings. The van der Waals surface area contributed by atoms with Gasteiger partial charge in [0, 0.05) is 13.0 Å². The van der Waals surface area contributed by atoms with Gasteiger partial charge in [0.15, 0.2) is 0 Å². The summed E-state index contributed by atoms with van der Waals surface area (Å²) in [6.07, 6.45) is 10.1. The van der Waals surface area contributed by atoms with E-state index in [1.807, 2.05) is 4.68 Å². The molecule has 1 unspecified atom stereocenters. The molecule has 0 aliphatic heterocycles. The van der Waals surface area contributed by atoms with Crippen LogP contribution >= 0.6 is 0 Å². The summed E-state index contributed by atoms with van der Waals surface area (Å²) in [7, 11) is 0. The quantitative estimate of drug-likeness (QED) is 0.798. The van der Waals surface area contributed by atoms with E-state index in [0.29, 0.717) is 0 Å². The molecule has 17 heavy (non-hydrogen) atoms. The second-order valence-electron chi connectivity index (χ2n) is 4.71. The molecule has 0 amide bonds. The fourth-order valence-corrected chi connectivity index (χ4v) is 2.35. The maximum absolute atomic E-state index is 10.2. The molecule has 94 valence electrons. The van der Waals surface area contributed by atoms with E-state index in [9.17, 15) is 5.11 Å². The topological polar surface area (TPSA) is 50.9 Å². The van der Waals surface area contributed by atoms with Crippen LogP contribution in [0.2, 0.25) is 0 Å². The summed E-state index contributed by atoms with van der Waals surface area (Å²) in [5.41, 5.74) is 2.23. The Balaban J connectivity index is 2.00. The van der Waals surface area contributed by atoms with E-state index in [1.165, 1.54) is 18.4 Å². The Labute approximate surface area is 102 Å². The lowest BCUT2D eigenvalue weighted by Gasteiger charge is -2.17. The van der Waals surface area contributed by atoms with Gasteiger partial charge in [-0.25, -0.2) is 4.68 Å². The smallest absolute Gasteiger partial charge is 0.101 e. The lowest BCUT2D eigenvalue weighted by Crippen LogP contribution is -2.10. The predicted molar refractivity (Wildman–Crippen MR) is 66.4 cm³/mol. The molecule has 0 bridgehead atoms. The van der Waals surface area contributed by atoms with Gasteiger partial charge in [0.05, 0.1) is 11.9 Å². The summed E-state index contributed by atoms with van der Waals surface area (Å²) < 4.78 is 1.81. The molecule has 0 spiro atoms. The van der Waals surface area contributed by atoms with Crippen molar-refractivity contribution in [3.8, 4) is 0 Å². The van der Waals surface area contributed by atoms with Crippen LogP contribution in [-0.4, -0.2) is 20.1 Å². The van der Waals surface area contributed by atoms with Gasteiger partial charge in [-0.2, -0.15) is 0 Å². The molecule has 1 aliphatic carbocycles. The minimum absolute atomic E-state index is 0.458. The highest BCUT2D eigenvalue weighted by molar-refractivity contribution is 5.10. The van der Waals surface area contributed by atoms with Crippen LogP contribution in [-0.2, 0) is 6.54 Å². The van der Waals surface area contributed by atoms with Gasteiger partial charge in [-0.1, -0.05) is 23.8 Å². The van der Waals surface area contributed by atoms with E-state index in [1.54, 1.807) is 6.20 Å². The molecule has 1 N–H and O–H groups in total. The van der Waals surface area contributed by atoms with Crippen molar-refractivity contribution in [2.75, 3.05) is 0 Å². The Hall–Kier alpha value is -1.16. The lowest BCUT2D eigenvalue weighted by molar-refractivity contribution is 0.164. The number of nitrogens with zero attached hydrogens (tertiary/aromatic N) is 3. The Bertz CT molecular complexity index is 384. The maximum atomic E-state index is 10.2. The van der Waals surface area contributed by atoms with Crippen LogP contribution in [0, 0.1) is 0 Å². The van der Waals surface area contributed by atoms with Crippen molar-refractivity contribution in [3.63, 3.8) is 0 Å². The van der Waals surface area contributed by atoms with Crippen LogP contribution in [0.4, 0.5) is 0 Å². The zero-order chi connectivity index (χ0) is 12.1. The normalized spacial score (nSPS) is 17.9. The Morgan fingerprint density at radius 3 is 3.06 bits per heavy atom. The highest BCUT2D eigenvalue weighted by Crippen LogP contribution is 2.27. The highest BCUT2D eigenvalue weighted by Gasteiger charge is 2.16. The van der Waals surface area contributed by atoms with Gasteiger partial charge in [-0.3, -0.25) is 0 Å². The monoisotopic (exact) mass is 235 g/mol.